The minimum atomic E-state index is -0.541. The Morgan fingerprint density at radius 1 is 0.875 bits per heavy atom. The van der Waals surface area contributed by atoms with Gasteiger partial charge in [0.25, 0.3) is 5.91 Å². The average molecular weight is 323 g/mol. The molecule has 0 bridgehead atoms. The van der Waals surface area contributed by atoms with Gasteiger partial charge in [-0.3, -0.25) is 14.4 Å². The molecule has 0 unspecified atom stereocenters. The molecule has 0 radical (unpaired) electrons. The van der Waals surface area contributed by atoms with Crippen LogP contribution in [0.3, 0.4) is 0 Å². The Labute approximate surface area is 139 Å². The normalized spacial score (nSPS) is 13.2. The van der Waals surface area contributed by atoms with E-state index >= 15 is 0 Å². The largest absolute Gasteiger partial charge is 0.366 e. The third-order valence-corrected chi connectivity index (χ3v) is 3.77. The van der Waals surface area contributed by atoms with Crippen LogP contribution in [0, 0.1) is 5.92 Å². The molecule has 4 N–H and O–H groups in total. The molecule has 2 aromatic carbocycles. The van der Waals surface area contributed by atoms with Crippen LogP contribution in [0.2, 0.25) is 0 Å². The van der Waals surface area contributed by atoms with Crippen molar-refractivity contribution in [2.24, 2.45) is 11.7 Å². The van der Waals surface area contributed by atoms with Gasteiger partial charge in [-0.1, -0.05) is 6.07 Å². The van der Waals surface area contributed by atoms with E-state index in [1.807, 2.05) is 0 Å². The second-order valence-corrected chi connectivity index (χ2v) is 5.74. The standard InChI is InChI=1S/C18H17N3O3/c19-16(22)11-4-6-12(7-5-11)17(23)20-14-2-1-3-15(10-14)21-18(24)13-8-9-13/h1-7,10,13H,8-9H2,(H2,19,22)(H,20,23)(H,21,24). The summed E-state index contributed by atoms with van der Waals surface area (Å²) in [5, 5.41) is 5.59. The number of anilines is 2. The SMILES string of the molecule is NC(=O)c1ccc(C(=O)Nc2cccc(NC(=O)C3CC3)c2)cc1. The molecule has 0 aliphatic heterocycles. The fourth-order valence-electron chi connectivity index (χ4n) is 2.25. The van der Waals surface area contributed by atoms with Gasteiger partial charge in [0.2, 0.25) is 11.8 Å². The van der Waals surface area contributed by atoms with Gasteiger partial charge in [-0.15, -0.1) is 0 Å². The molecule has 1 fully saturated rings. The highest BCUT2D eigenvalue weighted by atomic mass is 16.2. The molecular formula is C18H17N3O3. The number of carbonyl (C=O) groups is 3. The first-order valence-electron chi connectivity index (χ1n) is 7.65. The second-order valence-electron chi connectivity index (χ2n) is 5.74. The van der Waals surface area contributed by atoms with Crippen molar-refractivity contribution >= 4 is 29.1 Å². The fraction of sp³-hybridized carbons (Fsp3) is 0.167. The number of nitrogens with two attached hydrogens (primary N) is 1. The van der Waals surface area contributed by atoms with Gasteiger partial charge in [-0.2, -0.15) is 0 Å². The predicted octanol–water partition coefficient (Wildman–Crippen LogP) is 2.39. The van der Waals surface area contributed by atoms with Gasteiger partial charge in [0, 0.05) is 28.4 Å². The number of hydrogen-bond donors (Lipinski definition) is 3. The molecular weight excluding hydrogens is 306 g/mol. The fourth-order valence-corrected chi connectivity index (χ4v) is 2.25. The van der Waals surface area contributed by atoms with Crippen molar-refractivity contribution < 1.29 is 14.4 Å². The molecule has 1 aliphatic rings. The van der Waals surface area contributed by atoms with Gasteiger partial charge in [0.15, 0.2) is 0 Å². The first-order valence-corrected chi connectivity index (χ1v) is 7.65. The topological polar surface area (TPSA) is 101 Å². The van der Waals surface area contributed by atoms with E-state index in [0.29, 0.717) is 22.5 Å². The van der Waals surface area contributed by atoms with Crippen molar-refractivity contribution in [1.29, 1.82) is 0 Å². The highest BCUT2D eigenvalue weighted by molar-refractivity contribution is 6.05. The van der Waals surface area contributed by atoms with Gasteiger partial charge in [0.05, 0.1) is 0 Å². The van der Waals surface area contributed by atoms with Crippen LogP contribution in [0.4, 0.5) is 11.4 Å². The summed E-state index contributed by atoms with van der Waals surface area (Å²) < 4.78 is 0. The summed E-state index contributed by atoms with van der Waals surface area (Å²) in [4.78, 5) is 35.1. The van der Waals surface area contributed by atoms with E-state index < -0.39 is 5.91 Å². The summed E-state index contributed by atoms with van der Waals surface area (Å²) in [5.41, 5.74) is 7.15. The first kappa shape index (κ1) is 15.7. The molecule has 3 amide bonds. The maximum absolute atomic E-state index is 12.2. The lowest BCUT2D eigenvalue weighted by Crippen LogP contribution is -2.15. The minimum Gasteiger partial charge on any atom is -0.366 e. The third kappa shape index (κ3) is 3.78. The van der Waals surface area contributed by atoms with Gasteiger partial charge in [-0.05, 0) is 55.3 Å². The second kappa shape index (κ2) is 6.54. The summed E-state index contributed by atoms with van der Waals surface area (Å²) >= 11 is 0. The van der Waals surface area contributed by atoms with E-state index in [2.05, 4.69) is 10.6 Å². The number of benzene rings is 2. The Bertz CT molecular complexity index is 795. The third-order valence-electron chi connectivity index (χ3n) is 3.77. The van der Waals surface area contributed by atoms with Crippen molar-refractivity contribution in [2.75, 3.05) is 10.6 Å². The molecule has 6 nitrogen and oxygen atoms in total. The van der Waals surface area contributed by atoms with E-state index in [-0.39, 0.29) is 17.7 Å². The van der Waals surface area contributed by atoms with Crippen molar-refractivity contribution in [1.82, 2.24) is 0 Å². The van der Waals surface area contributed by atoms with Gasteiger partial charge in [0.1, 0.15) is 0 Å². The smallest absolute Gasteiger partial charge is 0.255 e. The zero-order valence-electron chi connectivity index (χ0n) is 12.9. The van der Waals surface area contributed by atoms with E-state index in [1.54, 1.807) is 24.3 Å². The van der Waals surface area contributed by atoms with Crippen LogP contribution in [-0.2, 0) is 4.79 Å². The Morgan fingerprint density at radius 2 is 1.46 bits per heavy atom. The number of rotatable bonds is 5. The maximum atomic E-state index is 12.2. The zero-order valence-corrected chi connectivity index (χ0v) is 12.9. The molecule has 0 saturated heterocycles. The summed E-state index contributed by atoms with van der Waals surface area (Å²) in [6, 6.07) is 13.1. The number of primary amides is 1. The molecule has 0 atom stereocenters. The number of amides is 3. The maximum Gasteiger partial charge on any atom is 0.255 e. The van der Waals surface area contributed by atoms with Crippen LogP contribution in [0.15, 0.2) is 48.5 Å². The van der Waals surface area contributed by atoms with E-state index in [1.165, 1.54) is 24.3 Å². The molecule has 0 heterocycles. The molecule has 1 aliphatic carbocycles. The summed E-state index contributed by atoms with van der Waals surface area (Å²) in [7, 11) is 0. The molecule has 3 rings (SSSR count). The monoisotopic (exact) mass is 323 g/mol. The summed E-state index contributed by atoms with van der Waals surface area (Å²) in [5.74, 6) is -0.717. The minimum absolute atomic E-state index is 0.0144. The lowest BCUT2D eigenvalue weighted by molar-refractivity contribution is -0.117. The highest BCUT2D eigenvalue weighted by Gasteiger charge is 2.29. The number of carbonyl (C=O) groups excluding carboxylic acids is 3. The molecule has 24 heavy (non-hydrogen) atoms. The molecule has 6 heteroatoms. The van der Waals surface area contributed by atoms with Crippen LogP contribution >= 0.6 is 0 Å². The summed E-state index contributed by atoms with van der Waals surface area (Å²) in [6.07, 6.45) is 1.87. The highest BCUT2D eigenvalue weighted by Crippen LogP contribution is 2.30. The lowest BCUT2D eigenvalue weighted by Gasteiger charge is -2.09. The van der Waals surface area contributed by atoms with Crippen molar-refractivity contribution in [2.45, 2.75) is 12.8 Å². The van der Waals surface area contributed by atoms with E-state index in [0.717, 1.165) is 12.8 Å². The quantitative estimate of drug-likeness (QED) is 0.787. The van der Waals surface area contributed by atoms with Gasteiger partial charge >= 0.3 is 0 Å². The van der Waals surface area contributed by atoms with Crippen LogP contribution < -0.4 is 16.4 Å². The van der Waals surface area contributed by atoms with Gasteiger partial charge in [-0.25, -0.2) is 0 Å². The number of nitrogens with one attached hydrogen (secondary N) is 2. The zero-order chi connectivity index (χ0) is 17.1. The Hall–Kier alpha value is -3.15. The first-order chi connectivity index (χ1) is 11.5. The molecule has 122 valence electrons. The van der Waals surface area contributed by atoms with Crippen LogP contribution in [-0.4, -0.2) is 17.7 Å². The Balaban J connectivity index is 1.67. The van der Waals surface area contributed by atoms with Crippen LogP contribution in [0.25, 0.3) is 0 Å². The Morgan fingerprint density at radius 3 is 2.04 bits per heavy atom. The predicted molar refractivity (Wildman–Crippen MR) is 90.7 cm³/mol. The van der Waals surface area contributed by atoms with Crippen molar-refractivity contribution in [3.8, 4) is 0 Å². The van der Waals surface area contributed by atoms with Crippen LogP contribution in [0.1, 0.15) is 33.6 Å². The summed E-state index contributed by atoms with van der Waals surface area (Å²) in [6.45, 7) is 0. The average Bonchev–Trinajstić information content (AvgIpc) is 3.40. The Kier molecular flexibility index (Phi) is 4.29. The molecule has 0 aromatic heterocycles. The van der Waals surface area contributed by atoms with Crippen LogP contribution in [0.5, 0.6) is 0 Å². The molecule has 0 spiro atoms. The van der Waals surface area contributed by atoms with E-state index in [9.17, 15) is 14.4 Å². The lowest BCUT2D eigenvalue weighted by atomic mass is 10.1. The number of hydrogen-bond acceptors (Lipinski definition) is 3. The van der Waals surface area contributed by atoms with Crippen molar-refractivity contribution in [3.05, 3.63) is 59.7 Å². The molecule has 2 aromatic rings. The van der Waals surface area contributed by atoms with E-state index in [4.69, 9.17) is 5.73 Å². The van der Waals surface area contributed by atoms with Crippen molar-refractivity contribution in [3.63, 3.8) is 0 Å². The molecule has 1 saturated carbocycles. The van der Waals surface area contributed by atoms with Gasteiger partial charge < -0.3 is 16.4 Å².